The van der Waals surface area contributed by atoms with Crippen molar-refractivity contribution in [2.45, 2.75) is 58.4 Å². The van der Waals surface area contributed by atoms with Crippen molar-refractivity contribution in [3.63, 3.8) is 0 Å². The Morgan fingerprint density at radius 2 is 1.60 bits per heavy atom. The average molecular weight is 775 g/mol. The van der Waals surface area contributed by atoms with Crippen LogP contribution < -0.4 is 9.64 Å². The summed E-state index contributed by atoms with van der Waals surface area (Å²) in [5.74, 6) is 5.01. The summed E-state index contributed by atoms with van der Waals surface area (Å²) in [6.45, 7) is 14.9. The molecule has 0 unspecified atom stereocenters. The molecule has 290 valence electrons. The Hall–Kier alpha value is -5.25. The van der Waals surface area contributed by atoms with Gasteiger partial charge in [-0.05, 0) is 111 Å². The smallest absolute Gasteiger partial charge is 0.162 e. The highest BCUT2D eigenvalue weighted by atomic mass is 32.1. The molecule has 0 bridgehead atoms. The van der Waals surface area contributed by atoms with Gasteiger partial charge in [-0.3, -0.25) is 9.56 Å². The molecule has 57 heavy (non-hydrogen) atoms. The fourth-order valence-electron chi connectivity index (χ4n) is 9.77. The molecule has 1 N–H and O–H groups in total. The highest BCUT2D eigenvalue weighted by Crippen LogP contribution is 2.47. The van der Waals surface area contributed by atoms with Crippen LogP contribution >= 0.6 is 11.3 Å². The summed E-state index contributed by atoms with van der Waals surface area (Å²) in [5, 5.41) is 20.3. The fraction of sp³-hybridized carbons (Fsp3) is 0.354. The van der Waals surface area contributed by atoms with E-state index in [0.717, 1.165) is 80.8 Å². The molecule has 0 amide bonds. The number of hydrogen-bond donors (Lipinski definition) is 1. The molecule has 1 aliphatic carbocycles. The number of rotatable bonds is 9. The van der Waals surface area contributed by atoms with Crippen LogP contribution in [0.4, 0.5) is 5.69 Å². The van der Waals surface area contributed by atoms with E-state index in [1.54, 1.807) is 11.3 Å². The predicted octanol–water partition coefficient (Wildman–Crippen LogP) is 9.18. The molecule has 4 aliphatic rings. The summed E-state index contributed by atoms with van der Waals surface area (Å²) in [5.41, 5.74) is 11.2. The molecule has 0 spiro atoms. The molecule has 2 saturated heterocycles. The minimum atomic E-state index is -0.0762. The van der Waals surface area contributed by atoms with Crippen molar-refractivity contribution in [3.8, 4) is 16.5 Å². The molecule has 2 fully saturated rings. The number of anilines is 1. The number of nitrogens with zero attached hydrogens (tertiary/aromatic N) is 6. The number of aliphatic imine (C=N–C) groups is 1. The first-order chi connectivity index (χ1) is 27.8. The maximum Gasteiger partial charge on any atom is 0.162 e. The third kappa shape index (κ3) is 6.64. The van der Waals surface area contributed by atoms with Crippen LogP contribution in [0.15, 0.2) is 102 Å². The van der Waals surface area contributed by atoms with Gasteiger partial charge in [0.1, 0.15) is 28.4 Å². The molecule has 0 saturated carbocycles. The summed E-state index contributed by atoms with van der Waals surface area (Å²) < 4.78 is 8.55. The lowest BCUT2D eigenvalue weighted by molar-refractivity contribution is 0.0448. The summed E-state index contributed by atoms with van der Waals surface area (Å²) in [6.07, 6.45) is 2.04. The second-order valence-corrected chi connectivity index (χ2v) is 18.0. The van der Waals surface area contributed by atoms with Gasteiger partial charge in [-0.25, -0.2) is 0 Å². The van der Waals surface area contributed by atoms with Crippen LogP contribution in [0.1, 0.15) is 86.7 Å². The molecule has 9 heteroatoms. The maximum atomic E-state index is 10.2. The first-order valence-corrected chi connectivity index (χ1v) is 21.4. The largest absolute Gasteiger partial charge is 0.508 e. The van der Waals surface area contributed by atoms with Crippen LogP contribution in [0, 0.1) is 32.6 Å². The SMILES string of the molecule is Cc1sc2c(c1C)C(c1ccc(N3CC(CN4CC(COc5ccc([C@@H]6c7ccc(O)cc7CC[C@@H]6c6ccccc6)cc5)C4)C3)cc1)=N[C@@H](C)c1nnc(C)n1-2. The Kier molecular flexibility index (Phi) is 9.25. The molecule has 2 aromatic heterocycles. The highest BCUT2D eigenvalue weighted by molar-refractivity contribution is 7.15. The van der Waals surface area contributed by atoms with Gasteiger partial charge in [0.05, 0.1) is 12.3 Å². The van der Waals surface area contributed by atoms with E-state index < -0.39 is 0 Å². The zero-order valence-electron chi connectivity index (χ0n) is 33.2. The average Bonchev–Trinajstić information content (AvgIpc) is 3.68. The van der Waals surface area contributed by atoms with Crippen molar-refractivity contribution in [1.29, 1.82) is 0 Å². The molecule has 3 atom stereocenters. The Morgan fingerprint density at radius 1 is 0.825 bits per heavy atom. The normalized spacial score (nSPS) is 20.8. The number of phenols is 1. The van der Waals surface area contributed by atoms with E-state index >= 15 is 0 Å². The van der Waals surface area contributed by atoms with Gasteiger partial charge in [-0.15, -0.1) is 21.5 Å². The Balaban J connectivity index is 0.718. The van der Waals surface area contributed by atoms with E-state index in [0.29, 0.717) is 23.5 Å². The van der Waals surface area contributed by atoms with Crippen LogP contribution in [0.25, 0.3) is 5.00 Å². The highest BCUT2D eigenvalue weighted by Gasteiger charge is 2.35. The molecular weight excluding hydrogens is 725 g/mol. The Labute approximate surface area is 339 Å². The first-order valence-electron chi connectivity index (χ1n) is 20.5. The summed E-state index contributed by atoms with van der Waals surface area (Å²) >= 11 is 1.81. The van der Waals surface area contributed by atoms with E-state index in [1.165, 1.54) is 48.9 Å². The van der Waals surface area contributed by atoms with Crippen molar-refractivity contribution in [1.82, 2.24) is 19.7 Å². The van der Waals surface area contributed by atoms with Crippen molar-refractivity contribution < 1.29 is 9.84 Å². The maximum absolute atomic E-state index is 10.2. The van der Waals surface area contributed by atoms with Gasteiger partial charge < -0.3 is 19.6 Å². The number of hydrogen-bond acceptors (Lipinski definition) is 8. The summed E-state index contributed by atoms with van der Waals surface area (Å²) in [6, 6.07) is 34.6. The molecule has 10 rings (SSSR count). The van der Waals surface area contributed by atoms with Crippen LogP contribution in [0.5, 0.6) is 11.5 Å². The molecule has 8 nitrogen and oxygen atoms in total. The van der Waals surface area contributed by atoms with Gasteiger partial charge in [0.2, 0.25) is 0 Å². The third-order valence-electron chi connectivity index (χ3n) is 12.9. The van der Waals surface area contributed by atoms with E-state index in [1.807, 2.05) is 19.1 Å². The van der Waals surface area contributed by atoms with Crippen molar-refractivity contribution in [3.05, 3.63) is 153 Å². The standard InChI is InChI=1S/C48H50N6O2S/c1-29-31(3)57-48-44(29)46(49-30(2)47-51-50-32(4)54(47)48)37-10-15-39(16-11-37)53-26-33(27-53)23-52-24-34(25-52)28-56-41-18-12-36(13-19-41)45-42(35-8-6-5-7-9-35)20-14-38-22-40(55)17-21-43(38)45/h5-13,15-19,21-22,30,33-34,42,45,55H,14,20,23-28H2,1-4H3/t30-,42+,45-/m0/s1. The van der Waals surface area contributed by atoms with Gasteiger partial charge >= 0.3 is 0 Å². The first kappa shape index (κ1) is 36.1. The number of aromatic hydroxyl groups is 1. The summed E-state index contributed by atoms with van der Waals surface area (Å²) in [4.78, 5) is 11.6. The Bertz CT molecular complexity index is 2440. The number of phenolic OH excluding ortho intramolecular Hbond substituents is 1. The predicted molar refractivity (Wildman–Crippen MR) is 229 cm³/mol. The second kappa shape index (κ2) is 14.6. The molecule has 3 aliphatic heterocycles. The molecule has 6 aromatic rings. The van der Waals surface area contributed by atoms with Crippen LogP contribution in [0.2, 0.25) is 0 Å². The topological polar surface area (TPSA) is 79.0 Å². The molecular formula is C48H50N6O2S. The fourth-order valence-corrected chi connectivity index (χ4v) is 11.0. The van der Waals surface area contributed by atoms with Gasteiger partial charge in [-0.1, -0.05) is 60.7 Å². The molecule has 5 heterocycles. The van der Waals surface area contributed by atoms with Crippen molar-refractivity contribution in [2.75, 3.05) is 44.2 Å². The quantitative estimate of drug-likeness (QED) is 0.158. The number of aryl methyl sites for hydroxylation is 3. The second-order valence-electron chi connectivity index (χ2n) is 16.8. The molecule has 4 aromatic carbocycles. The zero-order valence-corrected chi connectivity index (χ0v) is 34.0. The number of benzene rings is 4. The number of fused-ring (bicyclic) bond motifs is 4. The zero-order chi connectivity index (χ0) is 38.8. The minimum absolute atomic E-state index is 0.0762. The third-order valence-corrected chi connectivity index (χ3v) is 14.1. The number of ether oxygens (including phenoxy) is 1. The van der Waals surface area contributed by atoms with Crippen LogP contribution in [-0.4, -0.2) is 69.8 Å². The van der Waals surface area contributed by atoms with Gasteiger partial charge in [0, 0.05) is 72.2 Å². The Morgan fingerprint density at radius 3 is 2.37 bits per heavy atom. The van der Waals surface area contributed by atoms with E-state index in [9.17, 15) is 5.11 Å². The van der Waals surface area contributed by atoms with E-state index in [-0.39, 0.29) is 12.0 Å². The molecule has 0 radical (unpaired) electrons. The lowest BCUT2D eigenvalue weighted by Crippen LogP contribution is -2.57. The number of thiophene rings is 1. The lowest BCUT2D eigenvalue weighted by Gasteiger charge is -2.47. The number of aromatic nitrogens is 3. The number of likely N-dealkylation sites (tertiary alicyclic amines) is 1. The lowest BCUT2D eigenvalue weighted by atomic mass is 9.69. The van der Waals surface area contributed by atoms with E-state index in [4.69, 9.17) is 9.73 Å². The minimum Gasteiger partial charge on any atom is -0.508 e. The van der Waals surface area contributed by atoms with Gasteiger partial charge in [0.25, 0.3) is 0 Å². The van der Waals surface area contributed by atoms with Crippen LogP contribution in [0.3, 0.4) is 0 Å². The van der Waals surface area contributed by atoms with E-state index in [2.05, 4.69) is 130 Å². The monoisotopic (exact) mass is 774 g/mol. The summed E-state index contributed by atoms with van der Waals surface area (Å²) in [7, 11) is 0. The van der Waals surface area contributed by atoms with Gasteiger partial charge in [-0.2, -0.15) is 0 Å². The van der Waals surface area contributed by atoms with Gasteiger partial charge in [0.15, 0.2) is 5.82 Å². The van der Waals surface area contributed by atoms with Crippen LogP contribution in [-0.2, 0) is 6.42 Å². The van der Waals surface area contributed by atoms with Crippen molar-refractivity contribution >= 4 is 22.7 Å². The van der Waals surface area contributed by atoms with Crippen molar-refractivity contribution in [2.24, 2.45) is 16.8 Å².